The minimum absolute atomic E-state index is 0.0705. The van der Waals surface area contributed by atoms with Crippen LogP contribution in [0.1, 0.15) is 11.5 Å². The average molecular weight is 352 g/mol. The third-order valence-corrected chi connectivity index (χ3v) is 3.78. The summed E-state index contributed by atoms with van der Waals surface area (Å²) in [6.07, 6.45) is 0. The molecule has 0 bridgehead atoms. The van der Waals surface area contributed by atoms with Gasteiger partial charge < -0.3 is 16.3 Å². The Kier molecular flexibility index (Phi) is 5.16. The molecule has 21 heavy (non-hydrogen) atoms. The Labute approximate surface area is 130 Å². The number of para-hydroxylation sites is 1. The molecule has 0 heterocycles. The second-order valence-corrected chi connectivity index (χ2v) is 5.32. The van der Waals surface area contributed by atoms with E-state index in [2.05, 4.69) is 26.4 Å². The van der Waals surface area contributed by atoms with Crippen LogP contribution < -0.4 is 11.1 Å². The van der Waals surface area contributed by atoms with Crippen LogP contribution in [0.2, 0.25) is 0 Å². The number of nitrogens with two attached hydrogens (primary N) is 1. The molecule has 0 radical (unpaired) electrons. The van der Waals surface area contributed by atoms with Crippen molar-refractivity contribution in [1.82, 2.24) is 0 Å². The Balaban J connectivity index is 2.21. The standard InChI is InChI=1S/C15H15BrFN3O/c16-12-7-4-8-13(17)14(12)19-9-11(15(18)20-21)10-5-2-1-3-6-10/h1-8,11,19,21H,9H2,(H2,18,20). The van der Waals surface area contributed by atoms with E-state index in [1.165, 1.54) is 6.07 Å². The number of nitrogens with one attached hydrogen (secondary N) is 1. The number of hydrogen-bond donors (Lipinski definition) is 3. The van der Waals surface area contributed by atoms with Gasteiger partial charge in [0.15, 0.2) is 0 Å². The normalized spacial score (nSPS) is 13.0. The van der Waals surface area contributed by atoms with Gasteiger partial charge in [-0.1, -0.05) is 41.6 Å². The van der Waals surface area contributed by atoms with E-state index in [9.17, 15) is 4.39 Å². The molecule has 0 aromatic heterocycles. The van der Waals surface area contributed by atoms with Crippen LogP contribution in [0.5, 0.6) is 0 Å². The van der Waals surface area contributed by atoms with Crippen molar-refractivity contribution in [2.24, 2.45) is 10.9 Å². The predicted octanol–water partition coefficient (Wildman–Crippen LogP) is 3.53. The van der Waals surface area contributed by atoms with Gasteiger partial charge in [-0.2, -0.15) is 0 Å². The number of halogens is 2. The number of oxime groups is 1. The number of nitrogens with zero attached hydrogens (tertiary/aromatic N) is 1. The lowest BCUT2D eigenvalue weighted by Gasteiger charge is -2.18. The van der Waals surface area contributed by atoms with E-state index >= 15 is 0 Å². The van der Waals surface area contributed by atoms with E-state index in [0.29, 0.717) is 16.7 Å². The molecule has 0 amide bonds. The average Bonchev–Trinajstić information content (AvgIpc) is 2.50. The van der Waals surface area contributed by atoms with Crippen LogP contribution in [0.4, 0.5) is 10.1 Å². The number of rotatable bonds is 5. The first-order valence-electron chi connectivity index (χ1n) is 6.33. The van der Waals surface area contributed by atoms with Crippen LogP contribution in [0.3, 0.4) is 0 Å². The molecule has 0 aliphatic rings. The summed E-state index contributed by atoms with van der Waals surface area (Å²) in [5.41, 5.74) is 6.98. The van der Waals surface area contributed by atoms with E-state index in [1.807, 2.05) is 30.3 Å². The minimum atomic E-state index is -0.365. The summed E-state index contributed by atoms with van der Waals surface area (Å²) in [5.74, 6) is -0.653. The molecule has 1 atom stereocenters. The number of amidine groups is 1. The first-order chi connectivity index (χ1) is 10.1. The minimum Gasteiger partial charge on any atom is -0.409 e. The molecule has 2 aromatic rings. The van der Waals surface area contributed by atoms with Crippen LogP contribution in [-0.4, -0.2) is 17.6 Å². The number of benzene rings is 2. The molecule has 4 nitrogen and oxygen atoms in total. The second-order valence-electron chi connectivity index (χ2n) is 4.47. The van der Waals surface area contributed by atoms with Gasteiger partial charge in [-0.3, -0.25) is 0 Å². The van der Waals surface area contributed by atoms with Crippen LogP contribution in [-0.2, 0) is 0 Å². The van der Waals surface area contributed by atoms with Crippen LogP contribution in [0.25, 0.3) is 0 Å². The molecule has 4 N–H and O–H groups in total. The van der Waals surface area contributed by atoms with Gasteiger partial charge in [-0.25, -0.2) is 4.39 Å². The molecular weight excluding hydrogens is 337 g/mol. The molecule has 0 fully saturated rings. The first-order valence-corrected chi connectivity index (χ1v) is 7.13. The second kappa shape index (κ2) is 7.08. The van der Waals surface area contributed by atoms with Crippen molar-refractivity contribution < 1.29 is 9.60 Å². The zero-order chi connectivity index (χ0) is 15.2. The Morgan fingerprint density at radius 2 is 1.95 bits per heavy atom. The summed E-state index contributed by atoms with van der Waals surface area (Å²) in [5, 5.41) is 15.0. The van der Waals surface area contributed by atoms with E-state index in [1.54, 1.807) is 12.1 Å². The van der Waals surface area contributed by atoms with E-state index in [0.717, 1.165) is 5.56 Å². The fourth-order valence-electron chi connectivity index (χ4n) is 2.02. The van der Waals surface area contributed by atoms with Crippen molar-refractivity contribution in [3.05, 3.63) is 64.4 Å². The highest BCUT2D eigenvalue weighted by molar-refractivity contribution is 9.10. The molecule has 110 valence electrons. The highest BCUT2D eigenvalue weighted by Gasteiger charge is 2.17. The summed E-state index contributed by atoms with van der Waals surface area (Å²) in [6, 6.07) is 14.1. The third-order valence-electron chi connectivity index (χ3n) is 3.12. The van der Waals surface area contributed by atoms with E-state index in [-0.39, 0.29) is 17.6 Å². The lowest BCUT2D eigenvalue weighted by Crippen LogP contribution is -2.28. The van der Waals surface area contributed by atoms with Gasteiger partial charge in [0.2, 0.25) is 0 Å². The summed E-state index contributed by atoms with van der Waals surface area (Å²) in [6.45, 7) is 0.305. The molecule has 6 heteroatoms. The quantitative estimate of drug-likeness (QED) is 0.334. The van der Waals surface area contributed by atoms with Crippen LogP contribution >= 0.6 is 15.9 Å². The molecule has 0 spiro atoms. The van der Waals surface area contributed by atoms with Gasteiger partial charge in [-0.05, 0) is 33.6 Å². The third kappa shape index (κ3) is 3.72. The molecule has 0 saturated carbocycles. The molecule has 0 aliphatic carbocycles. The number of hydrogen-bond acceptors (Lipinski definition) is 3. The smallest absolute Gasteiger partial charge is 0.148 e. The van der Waals surface area contributed by atoms with Gasteiger partial charge >= 0.3 is 0 Å². The van der Waals surface area contributed by atoms with Crippen molar-refractivity contribution in [2.45, 2.75) is 5.92 Å². The topological polar surface area (TPSA) is 70.6 Å². The maximum absolute atomic E-state index is 13.8. The Bertz CT molecular complexity index is 614. The molecule has 0 aliphatic heterocycles. The summed E-state index contributed by atoms with van der Waals surface area (Å²) >= 11 is 3.29. The fraction of sp³-hybridized carbons (Fsp3) is 0.133. The van der Waals surface area contributed by atoms with E-state index < -0.39 is 0 Å². The zero-order valence-corrected chi connectivity index (χ0v) is 12.7. The zero-order valence-electron chi connectivity index (χ0n) is 11.1. The fourth-order valence-corrected chi connectivity index (χ4v) is 2.50. The lowest BCUT2D eigenvalue weighted by atomic mass is 9.98. The first kappa shape index (κ1) is 15.3. The van der Waals surface area contributed by atoms with Crippen LogP contribution in [0.15, 0.2) is 58.2 Å². The SMILES string of the molecule is N/C(=N/O)C(CNc1c(F)cccc1Br)c1ccccc1. The van der Waals surface area contributed by atoms with Gasteiger partial charge in [0.05, 0.1) is 11.6 Å². The predicted molar refractivity (Wildman–Crippen MR) is 85.2 cm³/mol. The largest absolute Gasteiger partial charge is 0.409 e. The molecule has 2 rings (SSSR count). The lowest BCUT2D eigenvalue weighted by molar-refractivity contribution is 0.316. The monoisotopic (exact) mass is 351 g/mol. The molecule has 2 aromatic carbocycles. The Morgan fingerprint density at radius 3 is 2.57 bits per heavy atom. The highest BCUT2D eigenvalue weighted by atomic mass is 79.9. The van der Waals surface area contributed by atoms with Gasteiger partial charge in [0.25, 0.3) is 0 Å². The van der Waals surface area contributed by atoms with Gasteiger partial charge in [-0.15, -0.1) is 0 Å². The maximum Gasteiger partial charge on any atom is 0.148 e. The molecular formula is C15H15BrFN3O. The van der Waals surface area contributed by atoms with Crippen molar-refractivity contribution in [3.8, 4) is 0 Å². The molecule has 1 unspecified atom stereocenters. The maximum atomic E-state index is 13.8. The van der Waals surface area contributed by atoms with Crippen molar-refractivity contribution >= 4 is 27.5 Å². The summed E-state index contributed by atoms with van der Waals surface area (Å²) < 4.78 is 14.4. The van der Waals surface area contributed by atoms with Crippen molar-refractivity contribution in [2.75, 3.05) is 11.9 Å². The Hall–Kier alpha value is -2.08. The van der Waals surface area contributed by atoms with Crippen molar-refractivity contribution in [1.29, 1.82) is 0 Å². The Morgan fingerprint density at radius 1 is 1.24 bits per heavy atom. The summed E-state index contributed by atoms with van der Waals surface area (Å²) in [7, 11) is 0. The highest BCUT2D eigenvalue weighted by Crippen LogP contribution is 2.26. The summed E-state index contributed by atoms with van der Waals surface area (Å²) in [4.78, 5) is 0. The van der Waals surface area contributed by atoms with E-state index in [4.69, 9.17) is 10.9 Å². The molecule has 0 saturated heterocycles. The van der Waals surface area contributed by atoms with Gasteiger partial charge in [0, 0.05) is 11.0 Å². The number of anilines is 1. The van der Waals surface area contributed by atoms with Crippen LogP contribution in [0, 0.1) is 5.82 Å². The van der Waals surface area contributed by atoms with Gasteiger partial charge in [0.1, 0.15) is 11.7 Å². The van der Waals surface area contributed by atoms with Crippen molar-refractivity contribution in [3.63, 3.8) is 0 Å².